The Morgan fingerprint density at radius 3 is 2.71 bits per heavy atom. The van der Waals surface area contributed by atoms with Crippen LogP contribution < -0.4 is 5.32 Å². The Bertz CT molecular complexity index is 854. The highest BCUT2D eigenvalue weighted by Crippen LogP contribution is 2.18. The van der Waals surface area contributed by atoms with E-state index >= 15 is 0 Å². The predicted octanol–water partition coefficient (Wildman–Crippen LogP) is 1.92. The molecule has 122 valence electrons. The summed E-state index contributed by atoms with van der Waals surface area (Å²) >= 11 is 0. The summed E-state index contributed by atoms with van der Waals surface area (Å²) in [6.07, 6.45) is 3.32. The van der Waals surface area contributed by atoms with Crippen LogP contribution >= 0.6 is 0 Å². The van der Waals surface area contributed by atoms with E-state index in [2.05, 4.69) is 15.3 Å². The van der Waals surface area contributed by atoms with Crippen molar-refractivity contribution in [2.75, 3.05) is 0 Å². The maximum absolute atomic E-state index is 12.3. The summed E-state index contributed by atoms with van der Waals surface area (Å²) in [6.45, 7) is 0. The molecule has 3 N–H and O–H groups in total. The van der Waals surface area contributed by atoms with Crippen LogP contribution in [0.5, 0.6) is 0 Å². The Morgan fingerprint density at radius 2 is 1.96 bits per heavy atom. The molecule has 0 fully saturated rings. The molecule has 24 heavy (non-hydrogen) atoms. The molecule has 0 radical (unpaired) electrons. The van der Waals surface area contributed by atoms with E-state index in [4.69, 9.17) is 0 Å². The molecular formula is C18H17N3O3. The van der Waals surface area contributed by atoms with Crippen molar-refractivity contribution in [2.45, 2.75) is 18.9 Å². The quantitative estimate of drug-likeness (QED) is 0.646. The first-order valence-electron chi connectivity index (χ1n) is 7.59. The Balaban J connectivity index is 1.72. The van der Waals surface area contributed by atoms with Gasteiger partial charge in [-0.1, -0.05) is 42.5 Å². The van der Waals surface area contributed by atoms with Crippen molar-refractivity contribution in [3.05, 3.63) is 66.2 Å². The van der Waals surface area contributed by atoms with Crippen molar-refractivity contribution in [1.82, 2.24) is 15.3 Å². The van der Waals surface area contributed by atoms with Crippen molar-refractivity contribution in [2.24, 2.45) is 0 Å². The van der Waals surface area contributed by atoms with Crippen molar-refractivity contribution in [3.63, 3.8) is 0 Å². The number of carboxylic acid groups (broad SMARTS) is 1. The summed E-state index contributed by atoms with van der Waals surface area (Å²) in [7, 11) is 0. The molecule has 0 aliphatic heterocycles. The molecule has 0 aliphatic carbocycles. The van der Waals surface area contributed by atoms with Crippen LogP contribution in [0.15, 0.2) is 55.0 Å². The minimum absolute atomic E-state index is 0.133. The summed E-state index contributed by atoms with van der Waals surface area (Å²) in [6, 6.07) is 12.6. The number of carbonyl (C=O) groups excluding carboxylic acids is 1. The third kappa shape index (κ3) is 3.60. The van der Waals surface area contributed by atoms with Gasteiger partial charge in [0.05, 0.1) is 12.7 Å². The zero-order chi connectivity index (χ0) is 16.9. The number of hydrogen-bond acceptors (Lipinski definition) is 3. The number of nitrogens with one attached hydrogen (secondary N) is 2. The van der Waals surface area contributed by atoms with E-state index in [1.165, 1.54) is 6.33 Å². The largest absolute Gasteiger partial charge is 0.480 e. The number of nitrogens with zero attached hydrogens (tertiary/aromatic N) is 1. The van der Waals surface area contributed by atoms with Gasteiger partial charge in [0.25, 0.3) is 0 Å². The van der Waals surface area contributed by atoms with E-state index in [-0.39, 0.29) is 18.7 Å². The number of aliphatic carboxylic acids is 1. The molecule has 1 unspecified atom stereocenters. The van der Waals surface area contributed by atoms with Gasteiger partial charge in [-0.2, -0.15) is 0 Å². The number of H-pyrrole nitrogens is 1. The van der Waals surface area contributed by atoms with E-state index in [1.807, 2.05) is 42.5 Å². The summed E-state index contributed by atoms with van der Waals surface area (Å²) < 4.78 is 0. The van der Waals surface area contributed by atoms with Crippen LogP contribution in [0, 0.1) is 0 Å². The van der Waals surface area contributed by atoms with E-state index in [0.29, 0.717) is 5.69 Å². The molecular weight excluding hydrogens is 306 g/mol. The van der Waals surface area contributed by atoms with Crippen LogP contribution in [0.1, 0.15) is 11.3 Å². The molecule has 0 aliphatic rings. The van der Waals surface area contributed by atoms with Gasteiger partial charge >= 0.3 is 5.97 Å². The first-order valence-corrected chi connectivity index (χ1v) is 7.59. The highest BCUT2D eigenvalue weighted by Gasteiger charge is 2.21. The number of hydrogen-bond donors (Lipinski definition) is 3. The zero-order valence-corrected chi connectivity index (χ0v) is 12.9. The van der Waals surface area contributed by atoms with Gasteiger partial charge in [-0.05, 0) is 16.3 Å². The minimum atomic E-state index is -1.07. The third-order valence-electron chi connectivity index (χ3n) is 3.84. The number of rotatable bonds is 6. The van der Waals surface area contributed by atoms with Crippen molar-refractivity contribution in [1.29, 1.82) is 0 Å². The molecule has 3 aromatic rings. The second-order valence-electron chi connectivity index (χ2n) is 5.55. The lowest BCUT2D eigenvalue weighted by Gasteiger charge is -2.14. The maximum atomic E-state index is 12.3. The number of aromatic amines is 1. The Hall–Kier alpha value is -3.15. The van der Waals surface area contributed by atoms with Crippen LogP contribution in [0.3, 0.4) is 0 Å². The van der Waals surface area contributed by atoms with Gasteiger partial charge in [0, 0.05) is 18.3 Å². The fraction of sp³-hybridized carbons (Fsp3) is 0.167. The van der Waals surface area contributed by atoms with Gasteiger partial charge in [-0.15, -0.1) is 0 Å². The van der Waals surface area contributed by atoms with Crippen molar-refractivity contribution in [3.8, 4) is 0 Å². The number of imidazole rings is 1. The average Bonchev–Trinajstić information content (AvgIpc) is 3.07. The van der Waals surface area contributed by atoms with E-state index in [9.17, 15) is 14.7 Å². The molecule has 1 heterocycles. The Labute approximate surface area is 138 Å². The molecule has 1 amide bonds. The fourth-order valence-corrected chi connectivity index (χ4v) is 2.68. The van der Waals surface area contributed by atoms with Gasteiger partial charge in [0.15, 0.2) is 0 Å². The van der Waals surface area contributed by atoms with Gasteiger partial charge in [-0.25, -0.2) is 9.78 Å². The highest BCUT2D eigenvalue weighted by atomic mass is 16.4. The lowest BCUT2D eigenvalue weighted by molar-refractivity contribution is -0.141. The van der Waals surface area contributed by atoms with Gasteiger partial charge < -0.3 is 15.4 Å². The lowest BCUT2D eigenvalue weighted by Crippen LogP contribution is -2.43. The molecule has 1 aromatic heterocycles. The number of fused-ring (bicyclic) bond motifs is 1. The van der Waals surface area contributed by atoms with E-state index in [0.717, 1.165) is 16.3 Å². The number of carbonyl (C=O) groups is 2. The SMILES string of the molecule is O=C(Cc1cccc2ccccc12)NC(Cc1cnc[nH]1)C(=O)O. The van der Waals surface area contributed by atoms with Gasteiger partial charge in [0.2, 0.25) is 5.91 Å². The molecule has 3 rings (SSSR count). The minimum Gasteiger partial charge on any atom is -0.480 e. The Kier molecular flexibility index (Phi) is 4.56. The van der Waals surface area contributed by atoms with Crippen LogP contribution in [-0.4, -0.2) is 33.0 Å². The topological polar surface area (TPSA) is 95.1 Å². The van der Waals surface area contributed by atoms with Gasteiger partial charge in [0.1, 0.15) is 6.04 Å². The number of carboxylic acids is 1. The maximum Gasteiger partial charge on any atom is 0.326 e. The summed E-state index contributed by atoms with van der Waals surface area (Å²) in [5.41, 5.74) is 1.53. The smallest absolute Gasteiger partial charge is 0.326 e. The fourth-order valence-electron chi connectivity index (χ4n) is 2.68. The molecule has 0 saturated carbocycles. The first kappa shape index (κ1) is 15.7. The number of benzene rings is 2. The molecule has 0 bridgehead atoms. The normalized spacial score (nSPS) is 12.0. The highest BCUT2D eigenvalue weighted by molar-refractivity contribution is 5.91. The molecule has 6 heteroatoms. The second kappa shape index (κ2) is 6.95. The molecule has 2 aromatic carbocycles. The third-order valence-corrected chi connectivity index (χ3v) is 3.84. The average molecular weight is 323 g/mol. The standard InChI is InChI=1S/C18H17N3O3/c22-17(21-16(18(23)24)9-14-10-19-11-20-14)8-13-6-3-5-12-4-1-2-7-15(12)13/h1-7,10-11,16H,8-9H2,(H,19,20)(H,21,22)(H,23,24). The van der Waals surface area contributed by atoms with Crippen LogP contribution in [-0.2, 0) is 22.4 Å². The summed E-state index contributed by atoms with van der Waals surface area (Å²) in [4.78, 5) is 30.4. The molecule has 0 saturated heterocycles. The van der Waals surface area contributed by atoms with Crippen molar-refractivity contribution >= 4 is 22.6 Å². The van der Waals surface area contributed by atoms with Crippen molar-refractivity contribution < 1.29 is 14.7 Å². The number of aromatic nitrogens is 2. The molecule has 1 atom stereocenters. The molecule has 6 nitrogen and oxygen atoms in total. The monoisotopic (exact) mass is 323 g/mol. The summed E-state index contributed by atoms with van der Waals surface area (Å²) in [5, 5.41) is 13.9. The van der Waals surface area contributed by atoms with Gasteiger partial charge in [-0.3, -0.25) is 4.79 Å². The number of amides is 1. The van der Waals surface area contributed by atoms with Crippen LogP contribution in [0.2, 0.25) is 0 Å². The first-order chi connectivity index (χ1) is 11.6. The second-order valence-corrected chi connectivity index (χ2v) is 5.55. The van der Waals surface area contributed by atoms with Crippen LogP contribution in [0.4, 0.5) is 0 Å². The zero-order valence-electron chi connectivity index (χ0n) is 12.9. The summed E-state index contributed by atoms with van der Waals surface area (Å²) in [5.74, 6) is -1.39. The predicted molar refractivity (Wildman–Crippen MR) is 89.5 cm³/mol. The van der Waals surface area contributed by atoms with E-state index < -0.39 is 12.0 Å². The van der Waals surface area contributed by atoms with Crippen LogP contribution in [0.25, 0.3) is 10.8 Å². The van der Waals surface area contributed by atoms with E-state index in [1.54, 1.807) is 6.20 Å². The lowest BCUT2D eigenvalue weighted by atomic mass is 10.0. The Morgan fingerprint density at radius 1 is 1.17 bits per heavy atom. The molecule has 0 spiro atoms.